The van der Waals surface area contributed by atoms with Crippen molar-refractivity contribution in [2.45, 2.75) is 22.6 Å². The second kappa shape index (κ2) is 5.64. The molecule has 94 valence electrons. The van der Waals surface area contributed by atoms with Crippen LogP contribution < -0.4 is 0 Å². The number of halogens is 1. The summed E-state index contributed by atoms with van der Waals surface area (Å²) in [5.41, 5.74) is -0.0857. The molecule has 0 radical (unpaired) electrons. The topological polar surface area (TPSA) is 68.9 Å². The number of hydrogen-bond donors (Lipinski definition) is 0. The molecule has 0 aliphatic rings. The van der Waals surface area contributed by atoms with Gasteiger partial charge >= 0.3 is 5.69 Å². The Labute approximate surface area is 117 Å². The summed E-state index contributed by atoms with van der Waals surface area (Å²) in [6, 6.07) is 4.84. The van der Waals surface area contributed by atoms with Crippen molar-refractivity contribution < 1.29 is 4.92 Å². The van der Waals surface area contributed by atoms with E-state index in [0.717, 1.165) is 12.2 Å². The largest absolute Gasteiger partial charge is 0.301 e. The zero-order valence-corrected chi connectivity index (χ0v) is 11.7. The molecule has 0 saturated heterocycles. The molecule has 1 heterocycles. The number of rotatable bonds is 4. The summed E-state index contributed by atoms with van der Waals surface area (Å²) in [5.74, 6) is 0.743. The van der Waals surface area contributed by atoms with E-state index in [1.54, 1.807) is 12.1 Å². The minimum absolute atomic E-state index is 0.0857. The van der Waals surface area contributed by atoms with Crippen molar-refractivity contribution in [1.29, 1.82) is 0 Å². The highest BCUT2D eigenvalue weighted by atomic mass is 35.5. The lowest BCUT2D eigenvalue weighted by molar-refractivity contribution is -0.387. The maximum absolute atomic E-state index is 11.0. The van der Waals surface area contributed by atoms with Crippen LogP contribution in [0, 0.1) is 10.1 Å². The highest BCUT2D eigenvalue weighted by molar-refractivity contribution is 8.01. The van der Waals surface area contributed by atoms with Gasteiger partial charge in [0.15, 0.2) is 4.34 Å². The molecule has 8 heteroatoms. The molecule has 2 rings (SSSR count). The molecule has 1 aromatic carbocycles. The van der Waals surface area contributed by atoms with Crippen LogP contribution in [0.4, 0.5) is 5.69 Å². The molecule has 0 atom stereocenters. The third-order valence-electron chi connectivity index (χ3n) is 2.10. The van der Waals surface area contributed by atoms with Crippen molar-refractivity contribution in [1.82, 2.24) is 9.36 Å². The van der Waals surface area contributed by atoms with Crippen molar-refractivity contribution in [3.05, 3.63) is 39.2 Å². The lowest BCUT2D eigenvalue weighted by Crippen LogP contribution is -1.91. The monoisotopic (exact) mass is 301 g/mol. The molecule has 0 unspecified atom stereocenters. The van der Waals surface area contributed by atoms with Crippen LogP contribution in [0.2, 0.25) is 5.02 Å². The van der Waals surface area contributed by atoms with Crippen LogP contribution in [0.15, 0.2) is 27.4 Å². The summed E-state index contributed by atoms with van der Waals surface area (Å²) in [5, 5.41) is 11.1. The fourth-order valence-electron chi connectivity index (χ4n) is 1.27. The van der Waals surface area contributed by atoms with E-state index < -0.39 is 4.92 Å². The molecular formula is C10H8ClN3O2S2. The highest BCUT2D eigenvalue weighted by Crippen LogP contribution is 2.39. The van der Waals surface area contributed by atoms with Gasteiger partial charge in [-0.15, -0.1) is 0 Å². The molecule has 0 N–H and O–H groups in total. The van der Waals surface area contributed by atoms with Gasteiger partial charge in [0.1, 0.15) is 10.8 Å². The lowest BCUT2D eigenvalue weighted by atomic mass is 10.3. The number of aryl methyl sites for hydroxylation is 1. The first-order valence-corrected chi connectivity index (χ1v) is 7.02. The molecule has 0 aliphatic carbocycles. The van der Waals surface area contributed by atoms with Crippen LogP contribution in [0.1, 0.15) is 12.7 Å². The van der Waals surface area contributed by atoms with Gasteiger partial charge in [0.05, 0.1) is 9.82 Å². The van der Waals surface area contributed by atoms with Crippen LogP contribution in [-0.4, -0.2) is 14.3 Å². The van der Waals surface area contributed by atoms with Gasteiger partial charge in [-0.1, -0.05) is 36.4 Å². The Morgan fingerprint density at radius 1 is 1.56 bits per heavy atom. The van der Waals surface area contributed by atoms with Gasteiger partial charge in [-0.25, -0.2) is 4.98 Å². The molecule has 0 fully saturated rings. The van der Waals surface area contributed by atoms with Gasteiger partial charge in [0.2, 0.25) is 0 Å². The Morgan fingerprint density at radius 3 is 2.94 bits per heavy atom. The van der Waals surface area contributed by atoms with E-state index in [-0.39, 0.29) is 10.7 Å². The van der Waals surface area contributed by atoms with E-state index in [0.29, 0.717) is 9.24 Å². The smallest absolute Gasteiger partial charge is 0.258 e. The van der Waals surface area contributed by atoms with E-state index in [4.69, 9.17) is 11.6 Å². The minimum atomic E-state index is -0.480. The zero-order valence-electron chi connectivity index (χ0n) is 9.29. The standard InChI is InChI=1S/C10H8ClN3O2S2/c1-2-8-12-10(18-13-8)17-7-5-3-4-6(11)9(7)14(15)16/h3-5H,2H2,1H3. The molecule has 5 nitrogen and oxygen atoms in total. The maximum Gasteiger partial charge on any atom is 0.301 e. The molecule has 18 heavy (non-hydrogen) atoms. The molecule has 2 aromatic rings. The Hall–Kier alpha value is -1.18. The number of hydrogen-bond acceptors (Lipinski definition) is 6. The summed E-state index contributed by atoms with van der Waals surface area (Å²) in [7, 11) is 0. The summed E-state index contributed by atoms with van der Waals surface area (Å²) in [4.78, 5) is 15.2. The van der Waals surface area contributed by atoms with Crippen LogP contribution in [0.3, 0.4) is 0 Å². The minimum Gasteiger partial charge on any atom is -0.258 e. The first kappa shape index (κ1) is 13.3. The van der Waals surface area contributed by atoms with Gasteiger partial charge in [-0.05, 0) is 23.7 Å². The SMILES string of the molecule is CCc1nsc(Sc2cccc(Cl)c2[N+](=O)[O-])n1. The highest BCUT2D eigenvalue weighted by Gasteiger charge is 2.20. The van der Waals surface area contributed by atoms with Crippen LogP contribution in [0.25, 0.3) is 0 Å². The van der Waals surface area contributed by atoms with E-state index in [2.05, 4.69) is 9.36 Å². The third kappa shape index (κ3) is 2.80. The van der Waals surface area contributed by atoms with Crippen LogP contribution in [-0.2, 0) is 6.42 Å². The summed E-state index contributed by atoms with van der Waals surface area (Å²) in [6.45, 7) is 1.96. The quantitative estimate of drug-likeness (QED) is 0.634. The Morgan fingerprint density at radius 2 is 2.33 bits per heavy atom. The van der Waals surface area contributed by atoms with E-state index in [9.17, 15) is 10.1 Å². The zero-order chi connectivity index (χ0) is 13.1. The first-order valence-electron chi connectivity index (χ1n) is 5.05. The molecular weight excluding hydrogens is 294 g/mol. The van der Waals surface area contributed by atoms with Crippen molar-refractivity contribution in [3.8, 4) is 0 Å². The van der Waals surface area contributed by atoms with E-state index in [1.165, 1.54) is 29.4 Å². The molecule has 0 amide bonds. The lowest BCUT2D eigenvalue weighted by Gasteiger charge is -2.01. The Bertz CT molecular complexity index is 588. The number of aromatic nitrogens is 2. The van der Waals surface area contributed by atoms with Crippen molar-refractivity contribution in [3.63, 3.8) is 0 Å². The fourth-order valence-corrected chi connectivity index (χ4v) is 3.37. The first-order chi connectivity index (χ1) is 8.61. The molecule has 0 aliphatic heterocycles. The van der Waals surface area contributed by atoms with Gasteiger partial charge in [0, 0.05) is 6.42 Å². The number of nitro groups is 1. The fraction of sp³-hybridized carbons (Fsp3) is 0.200. The average molecular weight is 302 g/mol. The average Bonchev–Trinajstić information content (AvgIpc) is 2.76. The molecule has 0 saturated carbocycles. The summed E-state index contributed by atoms with van der Waals surface area (Å²) < 4.78 is 4.81. The van der Waals surface area contributed by atoms with Gasteiger partial charge in [-0.3, -0.25) is 10.1 Å². The predicted octanol–water partition coefficient (Wildman–Crippen LogP) is 3.81. The van der Waals surface area contributed by atoms with Gasteiger partial charge < -0.3 is 0 Å². The van der Waals surface area contributed by atoms with Crippen LogP contribution in [0.5, 0.6) is 0 Å². The Balaban J connectivity index is 2.34. The second-order valence-corrected chi connectivity index (χ2v) is 5.72. The molecule has 1 aromatic heterocycles. The van der Waals surface area contributed by atoms with Gasteiger partial charge in [0.25, 0.3) is 0 Å². The summed E-state index contributed by atoms with van der Waals surface area (Å²) >= 11 is 8.28. The van der Waals surface area contributed by atoms with Crippen LogP contribution >= 0.6 is 34.9 Å². The summed E-state index contributed by atoms with van der Waals surface area (Å²) in [6.07, 6.45) is 0.745. The van der Waals surface area contributed by atoms with Crippen molar-refractivity contribution >= 4 is 40.6 Å². The normalized spacial score (nSPS) is 10.6. The number of nitrogens with zero attached hydrogens (tertiary/aromatic N) is 3. The van der Waals surface area contributed by atoms with Crippen molar-refractivity contribution in [2.75, 3.05) is 0 Å². The van der Waals surface area contributed by atoms with E-state index >= 15 is 0 Å². The van der Waals surface area contributed by atoms with Crippen molar-refractivity contribution in [2.24, 2.45) is 0 Å². The maximum atomic E-state index is 11.0. The van der Waals surface area contributed by atoms with Gasteiger partial charge in [-0.2, -0.15) is 4.37 Å². The predicted molar refractivity (Wildman–Crippen MR) is 71.5 cm³/mol. The Kier molecular flexibility index (Phi) is 4.15. The molecule has 0 spiro atoms. The second-order valence-electron chi connectivity index (χ2n) is 3.28. The third-order valence-corrected chi connectivity index (χ3v) is 4.24. The number of benzene rings is 1. The molecule has 0 bridgehead atoms. The van der Waals surface area contributed by atoms with E-state index in [1.807, 2.05) is 6.92 Å². The number of para-hydroxylation sites is 1. The number of nitro benzene ring substituents is 1.